The predicted octanol–water partition coefficient (Wildman–Crippen LogP) is 3.43. The van der Waals surface area contributed by atoms with Gasteiger partial charge in [-0.15, -0.1) is 0 Å². The Kier molecular flexibility index (Phi) is 6.07. The Bertz CT molecular complexity index is 574. The monoisotopic (exact) mass is 302 g/mol. The van der Waals surface area contributed by atoms with Gasteiger partial charge in [0.1, 0.15) is 0 Å². The molecule has 0 radical (unpaired) electrons. The van der Waals surface area contributed by atoms with Crippen molar-refractivity contribution in [3.8, 4) is 29.4 Å². The zero-order chi connectivity index (χ0) is 16.8. The molecule has 1 aromatic rings. The minimum atomic E-state index is -0.775. The molecule has 0 saturated heterocycles. The van der Waals surface area contributed by atoms with Gasteiger partial charge in [0.15, 0.2) is 11.5 Å². The largest absolute Gasteiger partial charge is 0.493 e. The number of hydrogen-bond acceptors (Lipinski definition) is 5. The van der Waals surface area contributed by atoms with Gasteiger partial charge in [0, 0.05) is 6.42 Å². The quantitative estimate of drug-likeness (QED) is 0.771. The van der Waals surface area contributed by atoms with Crippen molar-refractivity contribution in [3.63, 3.8) is 0 Å². The summed E-state index contributed by atoms with van der Waals surface area (Å²) >= 11 is 0. The minimum Gasteiger partial charge on any atom is -0.493 e. The third-order valence-electron chi connectivity index (χ3n) is 4.00. The molecular formula is C17H22N2O3. The Morgan fingerprint density at radius 2 is 1.59 bits per heavy atom. The van der Waals surface area contributed by atoms with Gasteiger partial charge < -0.3 is 14.2 Å². The molecule has 1 atom stereocenters. The van der Waals surface area contributed by atoms with E-state index in [0.717, 1.165) is 5.56 Å². The molecule has 0 heterocycles. The number of methoxy groups -OCH3 is 3. The van der Waals surface area contributed by atoms with Gasteiger partial charge >= 0.3 is 0 Å². The van der Waals surface area contributed by atoms with Crippen LogP contribution in [0.5, 0.6) is 17.2 Å². The fourth-order valence-electron chi connectivity index (χ4n) is 2.61. The molecule has 0 aliphatic rings. The van der Waals surface area contributed by atoms with Gasteiger partial charge in [0.05, 0.1) is 38.9 Å². The number of nitriles is 2. The van der Waals surface area contributed by atoms with E-state index in [1.807, 2.05) is 13.8 Å². The lowest BCUT2D eigenvalue weighted by Crippen LogP contribution is -2.30. The van der Waals surface area contributed by atoms with Crippen molar-refractivity contribution in [2.45, 2.75) is 32.1 Å². The van der Waals surface area contributed by atoms with E-state index in [0.29, 0.717) is 30.1 Å². The van der Waals surface area contributed by atoms with Gasteiger partial charge in [-0.25, -0.2) is 0 Å². The summed E-state index contributed by atoms with van der Waals surface area (Å²) in [5, 5.41) is 18.7. The maximum atomic E-state index is 9.81. The van der Waals surface area contributed by atoms with Crippen LogP contribution < -0.4 is 14.2 Å². The van der Waals surface area contributed by atoms with Crippen molar-refractivity contribution >= 4 is 0 Å². The summed E-state index contributed by atoms with van der Waals surface area (Å²) in [6.07, 6.45) is 0.763. The predicted molar refractivity (Wildman–Crippen MR) is 83.1 cm³/mol. The second kappa shape index (κ2) is 7.56. The summed E-state index contributed by atoms with van der Waals surface area (Å²) in [4.78, 5) is 0. The average Bonchev–Trinajstić information content (AvgIpc) is 2.54. The fraction of sp³-hybridized carbons (Fsp3) is 0.529. The molecule has 0 amide bonds. The van der Waals surface area contributed by atoms with Gasteiger partial charge in [-0.05, 0) is 30.0 Å². The first-order valence-electron chi connectivity index (χ1n) is 7.09. The van der Waals surface area contributed by atoms with Crippen LogP contribution in [0.4, 0.5) is 0 Å². The maximum Gasteiger partial charge on any atom is 0.203 e. The third kappa shape index (κ3) is 3.09. The van der Waals surface area contributed by atoms with E-state index in [1.165, 1.54) is 7.11 Å². The van der Waals surface area contributed by atoms with Crippen molar-refractivity contribution in [2.24, 2.45) is 5.92 Å². The Labute approximate surface area is 132 Å². The second-order valence-electron chi connectivity index (χ2n) is 5.31. The molecule has 0 spiro atoms. The van der Waals surface area contributed by atoms with Gasteiger partial charge in [-0.1, -0.05) is 13.8 Å². The van der Waals surface area contributed by atoms with E-state index < -0.39 is 5.41 Å². The standard InChI is InChI=1S/C17H22N2O3/c1-12(2)17(11-19,7-6-8-18)13-9-14(20-3)16(22-5)15(10-13)21-4/h9-10,12H,6-7H2,1-5H3. The van der Waals surface area contributed by atoms with Crippen molar-refractivity contribution in [2.75, 3.05) is 21.3 Å². The lowest BCUT2D eigenvalue weighted by atomic mass is 9.70. The summed E-state index contributed by atoms with van der Waals surface area (Å²) in [5.74, 6) is 1.54. The molecule has 118 valence electrons. The molecule has 0 fully saturated rings. The zero-order valence-corrected chi connectivity index (χ0v) is 13.8. The number of hydrogen-bond donors (Lipinski definition) is 0. The van der Waals surface area contributed by atoms with Crippen molar-refractivity contribution in [3.05, 3.63) is 17.7 Å². The Morgan fingerprint density at radius 1 is 1.05 bits per heavy atom. The average molecular weight is 302 g/mol. The van der Waals surface area contributed by atoms with Crippen LogP contribution in [0.15, 0.2) is 12.1 Å². The van der Waals surface area contributed by atoms with Gasteiger partial charge in [0.2, 0.25) is 5.75 Å². The van der Waals surface area contributed by atoms with E-state index >= 15 is 0 Å². The Balaban J connectivity index is 3.56. The molecule has 0 aliphatic carbocycles. The molecular weight excluding hydrogens is 280 g/mol. The van der Waals surface area contributed by atoms with Crippen LogP contribution in [0.2, 0.25) is 0 Å². The highest BCUT2D eigenvalue weighted by atomic mass is 16.5. The summed E-state index contributed by atoms with van der Waals surface area (Å²) in [6.45, 7) is 3.95. The van der Waals surface area contributed by atoms with Gasteiger partial charge in [0.25, 0.3) is 0 Å². The first-order valence-corrected chi connectivity index (χ1v) is 7.09. The van der Waals surface area contributed by atoms with Crippen LogP contribution in [0.25, 0.3) is 0 Å². The SMILES string of the molecule is COc1cc(C(C#N)(CCC#N)C(C)C)cc(OC)c1OC. The van der Waals surface area contributed by atoms with Crippen LogP contribution in [0, 0.1) is 28.6 Å². The topological polar surface area (TPSA) is 75.3 Å². The van der Waals surface area contributed by atoms with Gasteiger partial charge in [-0.3, -0.25) is 0 Å². The van der Waals surface area contributed by atoms with Crippen LogP contribution in [0.3, 0.4) is 0 Å². The molecule has 0 saturated carbocycles. The van der Waals surface area contributed by atoms with Crippen LogP contribution >= 0.6 is 0 Å². The summed E-state index contributed by atoms with van der Waals surface area (Å²) in [7, 11) is 4.62. The number of ether oxygens (including phenoxy) is 3. The highest BCUT2D eigenvalue weighted by Gasteiger charge is 2.37. The lowest BCUT2D eigenvalue weighted by Gasteiger charge is -2.31. The van der Waals surface area contributed by atoms with E-state index in [9.17, 15) is 5.26 Å². The fourth-order valence-corrected chi connectivity index (χ4v) is 2.61. The molecule has 1 unspecified atom stereocenters. The van der Waals surface area contributed by atoms with Crippen molar-refractivity contribution < 1.29 is 14.2 Å². The summed E-state index contributed by atoms with van der Waals surface area (Å²) in [6, 6.07) is 8.11. The van der Waals surface area contributed by atoms with Crippen LogP contribution in [-0.4, -0.2) is 21.3 Å². The number of nitrogens with zero attached hydrogens (tertiary/aromatic N) is 2. The van der Waals surface area contributed by atoms with Crippen molar-refractivity contribution in [1.29, 1.82) is 10.5 Å². The maximum absolute atomic E-state index is 9.81. The molecule has 22 heavy (non-hydrogen) atoms. The normalized spacial score (nSPS) is 12.9. The van der Waals surface area contributed by atoms with Crippen LogP contribution in [0.1, 0.15) is 32.3 Å². The molecule has 5 nitrogen and oxygen atoms in total. The van der Waals surface area contributed by atoms with E-state index in [2.05, 4.69) is 12.1 Å². The molecule has 0 bridgehead atoms. The van der Waals surface area contributed by atoms with E-state index in [1.54, 1.807) is 26.4 Å². The first kappa shape index (κ1) is 17.7. The zero-order valence-electron chi connectivity index (χ0n) is 13.8. The Morgan fingerprint density at radius 3 is 1.91 bits per heavy atom. The molecule has 5 heteroatoms. The highest BCUT2D eigenvalue weighted by Crippen LogP contribution is 2.45. The molecule has 0 N–H and O–H groups in total. The van der Waals surface area contributed by atoms with E-state index in [4.69, 9.17) is 19.5 Å². The molecule has 1 aromatic carbocycles. The van der Waals surface area contributed by atoms with Crippen molar-refractivity contribution in [1.82, 2.24) is 0 Å². The molecule has 0 aliphatic heterocycles. The van der Waals surface area contributed by atoms with Crippen LogP contribution in [-0.2, 0) is 5.41 Å². The minimum absolute atomic E-state index is 0.0358. The first-order chi connectivity index (χ1) is 10.5. The van der Waals surface area contributed by atoms with Gasteiger partial charge in [-0.2, -0.15) is 10.5 Å². The number of benzene rings is 1. The smallest absolute Gasteiger partial charge is 0.203 e. The number of rotatable bonds is 7. The second-order valence-corrected chi connectivity index (χ2v) is 5.31. The Hall–Kier alpha value is -2.40. The van der Waals surface area contributed by atoms with E-state index in [-0.39, 0.29) is 5.92 Å². The highest BCUT2D eigenvalue weighted by molar-refractivity contribution is 5.56. The summed E-state index contributed by atoms with van der Waals surface area (Å²) < 4.78 is 16.0. The third-order valence-corrected chi connectivity index (χ3v) is 4.00. The molecule has 1 rings (SSSR count). The summed E-state index contributed by atoms with van der Waals surface area (Å²) in [5.41, 5.74) is -0.00232. The molecule has 0 aromatic heterocycles. The lowest BCUT2D eigenvalue weighted by molar-refractivity contribution is 0.318.